The second-order valence-electron chi connectivity index (χ2n) is 6.78. The van der Waals surface area contributed by atoms with Crippen LogP contribution in [-0.4, -0.2) is 32.6 Å². The zero-order valence-electron chi connectivity index (χ0n) is 16.2. The summed E-state index contributed by atoms with van der Waals surface area (Å²) in [6, 6.07) is 12.8. The van der Waals surface area contributed by atoms with E-state index >= 15 is 0 Å². The molecule has 2 aromatic carbocycles. The Kier molecular flexibility index (Phi) is 4.20. The second kappa shape index (κ2) is 7.03. The van der Waals surface area contributed by atoms with E-state index in [1.54, 1.807) is 42.9 Å². The van der Waals surface area contributed by atoms with Crippen LogP contribution in [0, 0.1) is 13.8 Å². The van der Waals surface area contributed by atoms with Gasteiger partial charge in [-0.1, -0.05) is 5.16 Å². The number of aryl methyl sites for hydroxylation is 2. The number of aromatic nitrogens is 4. The third-order valence-electron chi connectivity index (χ3n) is 4.69. The van der Waals surface area contributed by atoms with E-state index in [1.165, 1.54) is 0 Å². The largest absolute Gasteiger partial charge is 0.454 e. The first-order chi connectivity index (χ1) is 14.6. The fourth-order valence-corrected chi connectivity index (χ4v) is 3.17. The van der Waals surface area contributed by atoms with Crippen LogP contribution in [0.25, 0.3) is 17.1 Å². The van der Waals surface area contributed by atoms with Gasteiger partial charge in [-0.2, -0.15) is 10.1 Å². The Bertz CT molecular complexity index is 1240. The number of benzene rings is 2. The maximum absolute atomic E-state index is 12.8. The van der Waals surface area contributed by atoms with Crippen molar-refractivity contribution >= 4 is 11.6 Å². The zero-order chi connectivity index (χ0) is 20.7. The normalized spacial score (nSPS) is 12.2. The first-order valence-electron chi connectivity index (χ1n) is 9.25. The van der Waals surface area contributed by atoms with Crippen molar-refractivity contribution in [1.29, 1.82) is 0 Å². The van der Waals surface area contributed by atoms with Crippen LogP contribution in [0.15, 0.2) is 53.2 Å². The van der Waals surface area contributed by atoms with E-state index in [2.05, 4.69) is 20.6 Å². The van der Waals surface area contributed by atoms with Gasteiger partial charge in [0, 0.05) is 30.4 Å². The first-order valence-corrected chi connectivity index (χ1v) is 9.25. The molecule has 2 aromatic heterocycles. The van der Waals surface area contributed by atoms with Crippen LogP contribution in [0.1, 0.15) is 21.9 Å². The van der Waals surface area contributed by atoms with Crippen LogP contribution in [0.3, 0.4) is 0 Å². The summed E-state index contributed by atoms with van der Waals surface area (Å²) in [7, 11) is 0. The van der Waals surface area contributed by atoms with Crippen molar-refractivity contribution in [3.05, 3.63) is 65.8 Å². The van der Waals surface area contributed by atoms with Crippen molar-refractivity contribution in [2.45, 2.75) is 13.8 Å². The summed E-state index contributed by atoms with van der Waals surface area (Å²) in [6.07, 6.45) is 1.70. The fraction of sp³-hybridized carbons (Fsp3) is 0.143. The summed E-state index contributed by atoms with van der Waals surface area (Å²) in [5.74, 6) is 2.06. The van der Waals surface area contributed by atoms with Crippen molar-refractivity contribution in [1.82, 2.24) is 19.9 Å². The molecule has 9 nitrogen and oxygen atoms in total. The highest BCUT2D eigenvalue weighted by molar-refractivity contribution is 6.05. The molecule has 0 unspecified atom stereocenters. The maximum Gasteiger partial charge on any atom is 0.259 e. The maximum atomic E-state index is 12.8. The molecule has 30 heavy (non-hydrogen) atoms. The van der Waals surface area contributed by atoms with E-state index in [-0.39, 0.29) is 12.7 Å². The van der Waals surface area contributed by atoms with Gasteiger partial charge in [-0.25, -0.2) is 4.68 Å². The van der Waals surface area contributed by atoms with Crippen LogP contribution >= 0.6 is 0 Å². The van der Waals surface area contributed by atoms with E-state index < -0.39 is 0 Å². The standard InChI is InChI=1S/C21H17N5O4/c1-12-17(21(27)23-15-5-8-18-19(9-15)29-11-28-18)10-26(24-12)16-6-3-14(4-7-16)20-22-13(2)30-25-20/h3-10H,11H2,1-2H3,(H,23,27). The molecular weight excluding hydrogens is 386 g/mol. The molecule has 1 amide bonds. The number of carbonyl (C=O) groups excluding carboxylic acids is 1. The molecular formula is C21H17N5O4. The molecule has 0 fully saturated rings. The minimum absolute atomic E-state index is 0.184. The Morgan fingerprint density at radius 2 is 1.87 bits per heavy atom. The van der Waals surface area contributed by atoms with E-state index in [4.69, 9.17) is 14.0 Å². The molecule has 5 rings (SSSR count). The van der Waals surface area contributed by atoms with Gasteiger partial charge in [-0.05, 0) is 43.3 Å². The zero-order valence-corrected chi connectivity index (χ0v) is 16.2. The van der Waals surface area contributed by atoms with Gasteiger partial charge in [0.1, 0.15) is 0 Å². The van der Waals surface area contributed by atoms with Gasteiger partial charge in [0.2, 0.25) is 18.5 Å². The van der Waals surface area contributed by atoms with Gasteiger partial charge in [0.15, 0.2) is 11.5 Å². The number of rotatable bonds is 4. The van der Waals surface area contributed by atoms with Crippen LogP contribution in [0.5, 0.6) is 11.5 Å². The van der Waals surface area contributed by atoms with Gasteiger partial charge >= 0.3 is 0 Å². The number of ether oxygens (including phenoxy) is 2. The van der Waals surface area contributed by atoms with Crippen LogP contribution in [0.2, 0.25) is 0 Å². The van der Waals surface area contributed by atoms with Gasteiger partial charge in [-0.3, -0.25) is 4.79 Å². The van der Waals surface area contributed by atoms with Crippen molar-refractivity contribution in [3.63, 3.8) is 0 Å². The fourth-order valence-electron chi connectivity index (χ4n) is 3.17. The topological polar surface area (TPSA) is 104 Å². The number of hydrogen-bond donors (Lipinski definition) is 1. The Morgan fingerprint density at radius 1 is 1.07 bits per heavy atom. The molecule has 0 aliphatic carbocycles. The minimum atomic E-state index is -0.253. The molecule has 3 heterocycles. The quantitative estimate of drug-likeness (QED) is 0.556. The Hall–Kier alpha value is -4.14. The summed E-state index contributed by atoms with van der Waals surface area (Å²) in [4.78, 5) is 17.0. The summed E-state index contributed by atoms with van der Waals surface area (Å²) >= 11 is 0. The number of anilines is 1. The Balaban J connectivity index is 1.36. The monoisotopic (exact) mass is 403 g/mol. The molecule has 1 aliphatic heterocycles. The van der Waals surface area contributed by atoms with Crippen LogP contribution in [-0.2, 0) is 0 Å². The van der Waals surface area contributed by atoms with Gasteiger partial charge < -0.3 is 19.3 Å². The number of nitrogens with zero attached hydrogens (tertiary/aromatic N) is 4. The smallest absolute Gasteiger partial charge is 0.259 e. The average Bonchev–Trinajstić information content (AvgIpc) is 3.47. The van der Waals surface area contributed by atoms with Crippen LogP contribution in [0.4, 0.5) is 5.69 Å². The predicted molar refractivity (Wildman–Crippen MR) is 107 cm³/mol. The number of fused-ring (bicyclic) bond motifs is 1. The minimum Gasteiger partial charge on any atom is -0.454 e. The van der Waals surface area contributed by atoms with Gasteiger partial charge in [0.05, 0.1) is 16.9 Å². The average molecular weight is 403 g/mol. The lowest BCUT2D eigenvalue weighted by Gasteiger charge is -2.05. The van der Waals surface area contributed by atoms with Crippen molar-refractivity contribution in [3.8, 4) is 28.6 Å². The molecule has 0 spiro atoms. The van der Waals surface area contributed by atoms with Crippen molar-refractivity contribution in [2.24, 2.45) is 0 Å². The number of nitrogens with one attached hydrogen (secondary N) is 1. The molecule has 1 N–H and O–H groups in total. The van der Waals surface area contributed by atoms with E-state index in [0.29, 0.717) is 40.2 Å². The molecule has 9 heteroatoms. The molecule has 0 saturated heterocycles. The highest BCUT2D eigenvalue weighted by atomic mass is 16.7. The SMILES string of the molecule is Cc1nc(-c2ccc(-n3cc(C(=O)Nc4ccc5c(c4)OCO5)c(C)n3)cc2)no1. The lowest BCUT2D eigenvalue weighted by atomic mass is 10.2. The summed E-state index contributed by atoms with van der Waals surface area (Å²) < 4.78 is 17.3. The lowest BCUT2D eigenvalue weighted by molar-refractivity contribution is 0.102. The number of hydrogen-bond acceptors (Lipinski definition) is 7. The summed E-state index contributed by atoms with van der Waals surface area (Å²) in [6.45, 7) is 3.72. The second-order valence-corrected chi connectivity index (χ2v) is 6.78. The third kappa shape index (κ3) is 3.26. The highest BCUT2D eigenvalue weighted by Gasteiger charge is 2.17. The molecule has 1 aliphatic rings. The summed E-state index contributed by atoms with van der Waals surface area (Å²) in [5.41, 5.74) is 3.36. The van der Waals surface area contributed by atoms with Crippen molar-refractivity contribution < 1.29 is 18.8 Å². The van der Waals surface area contributed by atoms with E-state index in [0.717, 1.165) is 11.3 Å². The molecule has 150 valence electrons. The molecule has 4 aromatic rings. The van der Waals surface area contributed by atoms with Crippen LogP contribution < -0.4 is 14.8 Å². The van der Waals surface area contributed by atoms with Crippen molar-refractivity contribution in [2.75, 3.05) is 12.1 Å². The predicted octanol–water partition coefficient (Wildman–Crippen LogP) is 3.52. The Morgan fingerprint density at radius 3 is 2.63 bits per heavy atom. The molecule has 0 radical (unpaired) electrons. The number of amides is 1. The van der Waals surface area contributed by atoms with E-state index in [1.807, 2.05) is 24.3 Å². The third-order valence-corrected chi connectivity index (χ3v) is 4.69. The molecule has 0 saturated carbocycles. The number of carbonyl (C=O) groups is 1. The molecule has 0 atom stereocenters. The first kappa shape index (κ1) is 17.9. The van der Waals surface area contributed by atoms with E-state index in [9.17, 15) is 4.79 Å². The summed E-state index contributed by atoms with van der Waals surface area (Å²) in [5, 5.41) is 11.3. The highest BCUT2D eigenvalue weighted by Crippen LogP contribution is 2.34. The van der Waals surface area contributed by atoms with Gasteiger partial charge in [0.25, 0.3) is 5.91 Å². The Labute approximate surface area is 171 Å². The van der Waals surface area contributed by atoms with Gasteiger partial charge in [-0.15, -0.1) is 0 Å². The lowest BCUT2D eigenvalue weighted by Crippen LogP contribution is -2.12. The molecule has 0 bridgehead atoms.